The molecule has 1 saturated carbocycles. The zero-order chi connectivity index (χ0) is 13.0. The van der Waals surface area contributed by atoms with E-state index < -0.39 is 5.97 Å². The van der Waals surface area contributed by atoms with Crippen LogP contribution in [0.2, 0.25) is 0 Å². The van der Waals surface area contributed by atoms with Crippen LogP contribution in [0, 0.1) is 5.92 Å². The maximum atomic E-state index is 10.6. The maximum Gasteiger partial charge on any atom is 0.303 e. The van der Waals surface area contributed by atoms with Gasteiger partial charge in [-0.1, -0.05) is 0 Å². The number of carboxylic acids is 1. The van der Waals surface area contributed by atoms with Crippen molar-refractivity contribution in [1.82, 2.24) is 4.98 Å². The molecule has 2 rings (SSSR count). The minimum absolute atomic E-state index is 0.170. The highest BCUT2D eigenvalue weighted by molar-refractivity contribution is 9.10. The van der Waals surface area contributed by atoms with Crippen LogP contribution in [0.3, 0.4) is 0 Å². The molecular weight excluding hydrogens is 298 g/mol. The summed E-state index contributed by atoms with van der Waals surface area (Å²) >= 11 is 3.33. The molecule has 1 heterocycles. The van der Waals surface area contributed by atoms with Gasteiger partial charge in [-0.05, 0) is 53.6 Å². The van der Waals surface area contributed by atoms with Gasteiger partial charge in [0.25, 0.3) is 0 Å². The molecular formula is C13H16BrNO3. The second-order valence-electron chi connectivity index (χ2n) is 4.67. The van der Waals surface area contributed by atoms with Gasteiger partial charge in [0, 0.05) is 23.2 Å². The lowest BCUT2D eigenvalue weighted by atomic mass is 9.85. The zero-order valence-corrected chi connectivity index (χ0v) is 11.6. The van der Waals surface area contributed by atoms with Crippen LogP contribution in [0.1, 0.15) is 32.1 Å². The molecule has 0 unspecified atom stereocenters. The van der Waals surface area contributed by atoms with Gasteiger partial charge in [-0.2, -0.15) is 0 Å². The van der Waals surface area contributed by atoms with Gasteiger partial charge in [-0.3, -0.25) is 4.79 Å². The van der Waals surface area contributed by atoms with Crippen LogP contribution >= 0.6 is 15.9 Å². The van der Waals surface area contributed by atoms with E-state index in [0.29, 0.717) is 11.8 Å². The van der Waals surface area contributed by atoms with Gasteiger partial charge in [0.05, 0.1) is 0 Å². The van der Waals surface area contributed by atoms with Crippen LogP contribution in [0.4, 0.5) is 0 Å². The van der Waals surface area contributed by atoms with Gasteiger partial charge in [0.2, 0.25) is 5.88 Å². The summed E-state index contributed by atoms with van der Waals surface area (Å²) in [6.45, 7) is 0. The van der Waals surface area contributed by atoms with E-state index in [0.717, 1.165) is 30.2 Å². The molecule has 5 heteroatoms. The molecule has 0 aromatic carbocycles. The van der Waals surface area contributed by atoms with E-state index in [1.165, 1.54) is 0 Å². The molecule has 4 nitrogen and oxygen atoms in total. The largest absolute Gasteiger partial charge is 0.481 e. The number of rotatable bonds is 4. The Morgan fingerprint density at radius 1 is 1.39 bits per heavy atom. The monoisotopic (exact) mass is 313 g/mol. The first-order chi connectivity index (χ1) is 8.63. The number of hydrogen-bond donors (Lipinski definition) is 1. The van der Waals surface area contributed by atoms with Gasteiger partial charge in [-0.25, -0.2) is 4.98 Å². The highest BCUT2D eigenvalue weighted by Gasteiger charge is 2.24. The number of carboxylic acid groups (broad SMARTS) is 1. The third-order valence-corrected chi connectivity index (χ3v) is 3.71. The van der Waals surface area contributed by atoms with E-state index >= 15 is 0 Å². The molecule has 1 fully saturated rings. The van der Waals surface area contributed by atoms with Gasteiger partial charge in [0.1, 0.15) is 6.10 Å². The third-order valence-electron chi connectivity index (χ3n) is 3.24. The first-order valence-electron chi connectivity index (χ1n) is 6.13. The first-order valence-corrected chi connectivity index (χ1v) is 6.93. The Labute approximate surface area is 115 Å². The number of aromatic nitrogens is 1. The lowest BCUT2D eigenvalue weighted by Gasteiger charge is -2.27. The second-order valence-corrected chi connectivity index (χ2v) is 5.59. The summed E-state index contributed by atoms with van der Waals surface area (Å²) in [4.78, 5) is 14.8. The maximum absolute atomic E-state index is 10.6. The van der Waals surface area contributed by atoms with Gasteiger partial charge < -0.3 is 9.84 Å². The van der Waals surface area contributed by atoms with Crippen molar-refractivity contribution in [3.8, 4) is 5.88 Å². The number of hydrogen-bond acceptors (Lipinski definition) is 3. The molecule has 1 aliphatic rings. The fourth-order valence-electron chi connectivity index (χ4n) is 2.30. The Hall–Kier alpha value is -1.10. The van der Waals surface area contributed by atoms with E-state index in [1.54, 1.807) is 6.20 Å². The van der Waals surface area contributed by atoms with Crippen molar-refractivity contribution in [2.24, 2.45) is 5.92 Å². The fraction of sp³-hybridized carbons (Fsp3) is 0.538. The van der Waals surface area contributed by atoms with Crippen LogP contribution in [0.15, 0.2) is 22.8 Å². The summed E-state index contributed by atoms with van der Waals surface area (Å²) in [5.41, 5.74) is 0. The minimum atomic E-state index is -0.700. The van der Waals surface area contributed by atoms with Gasteiger partial charge in [0.15, 0.2) is 0 Å². The van der Waals surface area contributed by atoms with Crippen LogP contribution in [-0.2, 0) is 4.79 Å². The Balaban J connectivity index is 1.79. The topological polar surface area (TPSA) is 59.4 Å². The molecule has 18 heavy (non-hydrogen) atoms. The highest BCUT2D eigenvalue weighted by Crippen LogP contribution is 2.29. The number of carbonyl (C=O) groups is 1. The Bertz CT molecular complexity index is 399. The summed E-state index contributed by atoms with van der Waals surface area (Å²) in [6, 6.07) is 3.74. The highest BCUT2D eigenvalue weighted by atomic mass is 79.9. The molecule has 0 radical (unpaired) electrons. The van der Waals surface area contributed by atoms with Gasteiger partial charge in [-0.15, -0.1) is 0 Å². The molecule has 0 amide bonds. The van der Waals surface area contributed by atoms with Crippen LogP contribution < -0.4 is 4.74 Å². The molecule has 1 aliphatic carbocycles. The van der Waals surface area contributed by atoms with Crippen molar-refractivity contribution in [1.29, 1.82) is 0 Å². The van der Waals surface area contributed by atoms with Crippen molar-refractivity contribution >= 4 is 21.9 Å². The number of halogens is 1. The average Bonchev–Trinajstić information content (AvgIpc) is 2.34. The SMILES string of the molecule is O=C(O)CC1CCC(Oc2ccc(Br)cn2)CC1. The lowest BCUT2D eigenvalue weighted by molar-refractivity contribution is -0.138. The Morgan fingerprint density at radius 2 is 2.11 bits per heavy atom. The summed E-state index contributed by atoms with van der Waals surface area (Å²) < 4.78 is 6.71. The summed E-state index contributed by atoms with van der Waals surface area (Å²) in [6.07, 6.45) is 5.84. The molecule has 1 aromatic rings. The van der Waals surface area contributed by atoms with E-state index in [9.17, 15) is 4.79 Å². The predicted molar refractivity (Wildman–Crippen MR) is 70.6 cm³/mol. The van der Waals surface area contributed by atoms with Crippen LogP contribution in [0.25, 0.3) is 0 Å². The second kappa shape index (κ2) is 6.18. The molecule has 0 spiro atoms. The summed E-state index contributed by atoms with van der Waals surface area (Å²) in [7, 11) is 0. The average molecular weight is 314 g/mol. The predicted octanol–water partition coefficient (Wildman–Crippen LogP) is 3.26. The number of pyridine rings is 1. The van der Waals surface area contributed by atoms with E-state index in [-0.39, 0.29) is 12.5 Å². The standard InChI is InChI=1S/C13H16BrNO3/c14-10-3-6-12(15-8-10)18-11-4-1-9(2-5-11)7-13(16)17/h3,6,8-9,11H,1-2,4-5,7H2,(H,16,17). The molecule has 1 aromatic heterocycles. The van der Waals surface area contributed by atoms with E-state index in [4.69, 9.17) is 9.84 Å². The fourth-order valence-corrected chi connectivity index (χ4v) is 2.54. The van der Waals surface area contributed by atoms with Crippen molar-refractivity contribution < 1.29 is 14.6 Å². The normalized spacial score (nSPS) is 23.6. The van der Waals surface area contributed by atoms with Crippen molar-refractivity contribution in [2.45, 2.75) is 38.2 Å². The molecule has 0 atom stereocenters. The van der Waals surface area contributed by atoms with Crippen LogP contribution in [-0.4, -0.2) is 22.2 Å². The van der Waals surface area contributed by atoms with Gasteiger partial charge >= 0.3 is 5.97 Å². The number of ether oxygens (including phenoxy) is 1. The summed E-state index contributed by atoms with van der Waals surface area (Å²) in [5.74, 6) is 0.244. The Morgan fingerprint density at radius 3 is 2.67 bits per heavy atom. The molecule has 0 aliphatic heterocycles. The quantitative estimate of drug-likeness (QED) is 0.927. The van der Waals surface area contributed by atoms with E-state index in [1.807, 2.05) is 12.1 Å². The van der Waals surface area contributed by atoms with Crippen molar-refractivity contribution in [2.75, 3.05) is 0 Å². The molecule has 0 bridgehead atoms. The summed E-state index contributed by atoms with van der Waals surface area (Å²) in [5, 5.41) is 8.75. The number of aliphatic carboxylic acids is 1. The lowest BCUT2D eigenvalue weighted by Crippen LogP contribution is -2.25. The Kier molecular flexibility index (Phi) is 4.58. The zero-order valence-electron chi connectivity index (χ0n) is 10.0. The minimum Gasteiger partial charge on any atom is -0.481 e. The molecule has 0 saturated heterocycles. The van der Waals surface area contributed by atoms with Crippen molar-refractivity contribution in [3.05, 3.63) is 22.8 Å². The number of nitrogens with zero attached hydrogens (tertiary/aromatic N) is 1. The van der Waals surface area contributed by atoms with E-state index in [2.05, 4.69) is 20.9 Å². The van der Waals surface area contributed by atoms with Crippen LogP contribution in [0.5, 0.6) is 5.88 Å². The molecule has 98 valence electrons. The third kappa shape index (κ3) is 3.98. The van der Waals surface area contributed by atoms with Crippen molar-refractivity contribution in [3.63, 3.8) is 0 Å². The smallest absolute Gasteiger partial charge is 0.303 e. The molecule has 1 N–H and O–H groups in total. The first kappa shape index (κ1) is 13.3.